The molecule has 0 saturated carbocycles. The third-order valence-electron chi connectivity index (χ3n) is 3.36. The average molecular weight is 293 g/mol. The van der Waals surface area contributed by atoms with Crippen LogP contribution in [0.3, 0.4) is 0 Å². The lowest BCUT2D eigenvalue weighted by Gasteiger charge is -2.35. The van der Waals surface area contributed by atoms with Gasteiger partial charge in [0, 0.05) is 37.9 Å². The number of piperazine rings is 1. The highest BCUT2D eigenvalue weighted by atomic mass is 16.6. The van der Waals surface area contributed by atoms with Gasteiger partial charge in [0.15, 0.2) is 0 Å². The minimum Gasteiger partial charge on any atom is -0.355 e. The Hall–Kier alpha value is -2.22. The Kier molecular flexibility index (Phi) is 4.69. The minimum atomic E-state index is -0.494. The molecule has 1 amide bonds. The molecule has 114 valence electrons. The highest BCUT2D eigenvalue weighted by Crippen LogP contribution is 2.28. The summed E-state index contributed by atoms with van der Waals surface area (Å²) in [5.41, 5.74) is 0.612. The molecule has 8 nitrogen and oxygen atoms in total. The van der Waals surface area contributed by atoms with Crippen molar-refractivity contribution < 1.29 is 9.72 Å². The normalized spacial score (nSPS) is 18.4. The van der Waals surface area contributed by atoms with E-state index in [1.165, 1.54) is 6.07 Å². The Balaban J connectivity index is 2.39. The molecule has 1 atom stereocenters. The van der Waals surface area contributed by atoms with Crippen LogP contribution in [0.25, 0.3) is 0 Å². The van der Waals surface area contributed by atoms with Crippen LogP contribution in [0, 0.1) is 17.0 Å². The van der Waals surface area contributed by atoms with Gasteiger partial charge in [-0.1, -0.05) is 0 Å². The van der Waals surface area contributed by atoms with E-state index in [-0.39, 0.29) is 17.4 Å². The summed E-state index contributed by atoms with van der Waals surface area (Å²) in [5.74, 6) is 0.111. The summed E-state index contributed by atoms with van der Waals surface area (Å²) in [6, 6.07) is 2.55. The maximum Gasteiger partial charge on any atom is 0.311 e. The monoisotopic (exact) mass is 293 g/mol. The molecule has 0 aromatic carbocycles. The Morgan fingerprint density at radius 3 is 3.05 bits per heavy atom. The van der Waals surface area contributed by atoms with E-state index >= 15 is 0 Å². The number of nitrogens with zero attached hydrogens (tertiary/aromatic N) is 3. The predicted octanol–water partition coefficient (Wildman–Crippen LogP) is 0.213. The number of carbonyl (C=O) groups excluding carboxylic acids is 1. The lowest BCUT2D eigenvalue weighted by atomic mass is 10.1. The largest absolute Gasteiger partial charge is 0.355 e. The minimum absolute atomic E-state index is 0.0724. The van der Waals surface area contributed by atoms with Crippen molar-refractivity contribution in [1.29, 1.82) is 0 Å². The van der Waals surface area contributed by atoms with Crippen molar-refractivity contribution in [3.05, 3.63) is 27.9 Å². The van der Waals surface area contributed by atoms with Gasteiger partial charge in [-0.25, -0.2) is 4.98 Å². The van der Waals surface area contributed by atoms with Crippen molar-refractivity contribution in [3.63, 3.8) is 0 Å². The molecule has 1 aromatic heterocycles. The lowest BCUT2D eigenvalue weighted by Crippen LogP contribution is -2.58. The first kappa shape index (κ1) is 15.2. The molecule has 0 aliphatic carbocycles. The van der Waals surface area contributed by atoms with Crippen molar-refractivity contribution in [2.75, 3.05) is 31.1 Å². The van der Waals surface area contributed by atoms with E-state index < -0.39 is 11.0 Å². The molecule has 1 aliphatic heterocycles. The van der Waals surface area contributed by atoms with Crippen LogP contribution in [0.4, 0.5) is 11.5 Å². The smallest absolute Gasteiger partial charge is 0.311 e. The number of carbonyl (C=O) groups is 1. The molecule has 8 heteroatoms. The molecule has 1 aliphatic rings. The Bertz CT molecular complexity index is 549. The molecule has 0 radical (unpaired) electrons. The number of pyridine rings is 1. The van der Waals surface area contributed by atoms with Crippen LogP contribution in [-0.4, -0.2) is 48.0 Å². The molecule has 1 aromatic rings. The summed E-state index contributed by atoms with van der Waals surface area (Å²) in [5, 5.41) is 17.1. The number of nitrogens with one attached hydrogen (secondary N) is 2. The number of nitro groups is 1. The van der Waals surface area contributed by atoms with Gasteiger partial charge in [-0.15, -0.1) is 0 Å². The van der Waals surface area contributed by atoms with Gasteiger partial charge < -0.3 is 15.5 Å². The molecular weight excluding hydrogens is 274 g/mol. The number of aryl methyl sites for hydroxylation is 1. The topological polar surface area (TPSA) is 100 Å². The molecule has 21 heavy (non-hydrogen) atoms. The van der Waals surface area contributed by atoms with Crippen molar-refractivity contribution in [1.82, 2.24) is 15.6 Å². The zero-order valence-electron chi connectivity index (χ0n) is 12.1. The second-order valence-corrected chi connectivity index (χ2v) is 4.86. The van der Waals surface area contributed by atoms with Gasteiger partial charge in [-0.3, -0.25) is 14.9 Å². The average Bonchev–Trinajstić information content (AvgIpc) is 2.47. The first-order valence-corrected chi connectivity index (χ1v) is 6.91. The van der Waals surface area contributed by atoms with E-state index in [0.29, 0.717) is 31.9 Å². The number of aromatic nitrogens is 1. The second-order valence-electron chi connectivity index (χ2n) is 4.86. The maximum absolute atomic E-state index is 12.2. The molecule has 2 heterocycles. The first-order chi connectivity index (χ1) is 10.0. The quantitative estimate of drug-likeness (QED) is 0.608. The third-order valence-corrected chi connectivity index (χ3v) is 3.36. The van der Waals surface area contributed by atoms with Gasteiger partial charge in [-0.2, -0.15) is 0 Å². The Morgan fingerprint density at radius 1 is 1.62 bits per heavy atom. The molecular formula is C13H19N5O3. The number of hydrogen-bond donors (Lipinski definition) is 2. The van der Waals surface area contributed by atoms with Gasteiger partial charge in [0.05, 0.1) is 4.92 Å². The molecule has 1 fully saturated rings. The van der Waals surface area contributed by atoms with Crippen LogP contribution in [0.15, 0.2) is 12.1 Å². The number of likely N-dealkylation sites (N-methyl/N-ethyl adjacent to an activating group) is 1. The standard InChI is InChI=1S/C13H19N5O3/c1-3-15-13(19)11-8-14-6-7-17(11)12-10(18(20)21)5-4-9(2)16-12/h4-5,11,14H,3,6-8H2,1-2H3,(H,15,19). The summed E-state index contributed by atoms with van der Waals surface area (Å²) in [6.45, 7) is 5.73. The number of amides is 1. The van der Waals surface area contributed by atoms with Crippen molar-refractivity contribution >= 4 is 17.4 Å². The molecule has 2 N–H and O–H groups in total. The van der Waals surface area contributed by atoms with Gasteiger partial charge in [0.2, 0.25) is 11.7 Å². The molecule has 0 spiro atoms. The SMILES string of the molecule is CCNC(=O)C1CNCCN1c1nc(C)ccc1[N+](=O)[O-]. The molecule has 1 unspecified atom stereocenters. The summed E-state index contributed by atoms with van der Waals surface area (Å²) < 4.78 is 0. The maximum atomic E-state index is 12.2. The summed E-state index contributed by atoms with van der Waals surface area (Å²) in [6.07, 6.45) is 0. The fourth-order valence-corrected chi connectivity index (χ4v) is 2.37. The second kappa shape index (κ2) is 6.49. The van der Waals surface area contributed by atoms with Gasteiger partial charge >= 0.3 is 5.69 Å². The van der Waals surface area contributed by atoms with Crippen LogP contribution >= 0.6 is 0 Å². The van der Waals surface area contributed by atoms with E-state index in [1.807, 2.05) is 6.92 Å². The first-order valence-electron chi connectivity index (χ1n) is 6.91. The van der Waals surface area contributed by atoms with E-state index in [2.05, 4.69) is 15.6 Å². The number of anilines is 1. The van der Waals surface area contributed by atoms with Crippen LogP contribution in [0.2, 0.25) is 0 Å². The van der Waals surface area contributed by atoms with Crippen molar-refractivity contribution in [2.45, 2.75) is 19.9 Å². The van der Waals surface area contributed by atoms with Crippen LogP contribution in [-0.2, 0) is 4.79 Å². The lowest BCUT2D eigenvalue weighted by molar-refractivity contribution is -0.384. The van der Waals surface area contributed by atoms with Gasteiger partial charge in [0.1, 0.15) is 6.04 Å². The predicted molar refractivity (Wildman–Crippen MR) is 78.3 cm³/mol. The molecule has 0 bridgehead atoms. The van der Waals surface area contributed by atoms with E-state index in [4.69, 9.17) is 0 Å². The fraction of sp³-hybridized carbons (Fsp3) is 0.538. The zero-order chi connectivity index (χ0) is 15.4. The summed E-state index contributed by atoms with van der Waals surface area (Å²) >= 11 is 0. The number of hydrogen-bond acceptors (Lipinski definition) is 6. The molecule has 1 saturated heterocycles. The van der Waals surface area contributed by atoms with E-state index in [9.17, 15) is 14.9 Å². The Morgan fingerprint density at radius 2 is 2.38 bits per heavy atom. The van der Waals surface area contributed by atoms with Gasteiger partial charge in [-0.05, 0) is 19.9 Å². The zero-order valence-corrected chi connectivity index (χ0v) is 12.1. The third kappa shape index (κ3) is 3.27. The summed E-state index contributed by atoms with van der Waals surface area (Å²) in [4.78, 5) is 28.9. The molecule has 2 rings (SSSR count). The van der Waals surface area contributed by atoms with Crippen LogP contribution < -0.4 is 15.5 Å². The van der Waals surface area contributed by atoms with Crippen LogP contribution in [0.1, 0.15) is 12.6 Å². The highest BCUT2D eigenvalue weighted by molar-refractivity contribution is 5.86. The van der Waals surface area contributed by atoms with Gasteiger partial charge in [0.25, 0.3) is 0 Å². The highest BCUT2D eigenvalue weighted by Gasteiger charge is 2.33. The van der Waals surface area contributed by atoms with Crippen molar-refractivity contribution in [2.24, 2.45) is 0 Å². The van der Waals surface area contributed by atoms with E-state index in [0.717, 1.165) is 0 Å². The van der Waals surface area contributed by atoms with Crippen LogP contribution in [0.5, 0.6) is 0 Å². The van der Waals surface area contributed by atoms with Crippen molar-refractivity contribution in [3.8, 4) is 0 Å². The fourth-order valence-electron chi connectivity index (χ4n) is 2.37. The Labute approximate surface area is 122 Å². The summed E-state index contributed by atoms with van der Waals surface area (Å²) in [7, 11) is 0. The number of rotatable bonds is 4. The van der Waals surface area contributed by atoms with E-state index in [1.54, 1.807) is 17.9 Å².